The van der Waals surface area contributed by atoms with Crippen LogP contribution in [0.4, 0.5) is 11.5 Å². The molecule has 1 N–H and O–H groups in total. The van der Waals surface area contributed by atoms with Gasteiger partial charge in [-0.15, -0.1) is 0 Å². The summed E-state index contributed by atoms with van der Waals surface area (Å²) in [4.78, 5) is 22.5. The topological polar surface area (TPSA) is 84.8 Å². The van der Waals surface area contributed by atoms with E-state index < -0.39 is 0 Å². The lowest BCUT2D eigenvalue weighted by molar-refractivity contribution is -0.142. The Kier molecular flexibility index (Phi) is 7.48. The lowest BCUT2D eigenvalue weighted by Crippen LogP contribution is -2.25. The van der Waals surface area contributed by atoms with Gasteiger partial charge < -0.3 is 19.5 Å². The van der Waals surface area contributed by atoms with Gasteiger partial charge in [0.05, 0.1) is 25.2 Å². The van der Waals surface area contributed by atoms with Gasteiger partial charge in [-0.2, -0.15) is 0 Å². The highest BCUT2D eigenvalue weighted by Gasteiger charge is 2.21. The van der Waals surface area contributed by atoms with Gasteiger partial charge in [0.15, 0.2) is 5.05 Å². The van der Waals surface area contributed by atoms with Crippen molar-refractivity contribution in [3.05, 3.63) is 41.9 Å². The fourth-order valence-corrected chi connectivity index (χ4v) is 2.70. The maximum absolute atomic E-state index is 11.9. The average molecular weight is 389 g/mol. The van der Waals surface area contributed by atoms with E-state index in [1.807, 2.05) is 11.8 Å². The number of phenols is 1. The number of esters is 1. The molecule has 2 aromatic rings. The lowest BCUT2D eigenvalue weighted by atomic mass is 10.2. The van der Waals surface area contributed by atoms with Crippen molar-refractivity contribution in [2.24, 2.45) is 0 Å². The number of aryl methyl sites for hydroxylation is 1. The molecule has 0 spiro atoms. The number of nitrogens with zero attached hydrogens (tertiary/aromatic N) is 3. The van der Waals surface area contributed by atoms with Crippen LogP contribution in [0.5, 0.6) is 5.75 Å². The minimum absolute atomic E-state index is 0.146. The molecule has 0 unspecified atom stereocenters. The Morgan fingerprint density at radius 2 is 1.85 bits per heavy atom. The molecule has 1 aromatic carbocycles. The number of anilines is 2. The summed E-state index contributed by atoms with van der Waals surface area (Å²) < 4.78 is 10.5. The van der Waals surface area contributed by atoms with Gasteiger partial charge in [-0.1, -0.05) is 0 Å². The van der Waals surface area contributed by atoms with E-state index in [1.54, 1.807) is 44.3 Å². The zero-order valence-electron chi connectivity index (χ0n) is 15.6. The van der Waals surface area contributed by atoms with Crippen LogP contribution < -0.4 is 4.90 Å². The van der Waals surface area contributed by atoms with Crippen molar-refractivity contribution in [1.82, 2.24) is 9.97 Å². The summed E-state index contributed by atoms with van der Waals surface area (Å²) in [7, 11) is 0. The number of aromatic hydroxyl groups is 1. The molecule has 2 rings (SSSR count). The highest BCUT2D eigenvalue weighted by molar-refractivity contribution is 7.80. The molecule has 8 heteroatoms. The number of hydrogen-bond acceptors (Lipinski definition) is 8. The van der Waals surface area contributed by atoms with Crippen LogP contribution in [-0.4, -0.2) is 45.9 Å². The first-order chi connectivity index (χ1) is 13.0. The quantitative estimate of drug-likeness (QED) is 0.544. The first kappa shape index (κ1) is 20.6. The van der Waals surface area contributed by atoms with Gasteiger partial charge in [-0.05, 0) is 57.3 Å². The normalized spacial score (nSPS) is 10.3. The van der Waals surface area contributed by atoms with E-state index >= 15 is 0 Å². The van der Waals surface area contributed by atoms with Crippen molar-refractivity contribution in [3.8, 4) is 5.75 Å². The van der Waals surface area contributed by atoms with Crippen LogP contribution in [0.25, 0.3) is 0 Å². The minimum atomic E-state index is -0.305. The predicted molar refractivity (Wildman–Crippen MR) is 106 cm³/mol. The molecular formula is C19H23N3O4S. The van der Waals surface area contributed by atoms with Crippen molar-refractivity contribution in [3.63, 3.8) is 0 Å². The second-order valence-corrected chi connectivity index (χ2v) is 5.97. The van der Waals surface area contributed by atoms with Crippen LogP contribution in [0.15, 0.2) is 30.5 Å². The van der Waals surface area contributed by atoms with E-state index in [9.17, 15) is 9.90 Å². The number of ether oxygens (including phenoxy) is 2. The highest BCUT2D eigenvalue weighted by atomic mass is 32.1. The summed E-state index contributed by atoms with van der Waals surface area (Å²) in [6.45, 7) is 6.46. The maximum atomic E-state index is 11.9. The Morgan fingerprint density at radius 1 is 1.19 bits per heavy atom. The van der Waals surface area contributed by atoms with E-state index in [1.165, 1.54) is 0 Å². The smallest absolute Gasteiger partial charge is 0.307 e. The summed E-state index contributed by atoms with van der Waals surface area (Å²) in [5, 5.41) is 9.88. The molecule has 0 saturated carbocycles. The lowest BCUT2D eigenvalue weighted by Gasteiger charge is -2.26. The molecule has 0 amide bonds. The molecule has 1 aromatic heterocycles. The Balaban J connectivity index is 2.45. The van der Waals surface area contributed by atoms with E-state index in [4.69, 9.17) is 21.7 Å². The summed E-state index contributed by atoms with van der Waals surface area (Å²) >= 11 is 5.36. The number of phenolic OH excluding ortho intramolecular Hbond substituents is 1. The fourth-order valence-electron chi connectivity index (χ4n) is 2.44. The molecule has 0 radical (unpaired) electrons. The molecule has 0 aliphatic heterocycles. The van der Waals surface area contributed by atoms with Gasteiger partial charge in [-0.3, -0.25) is 4.79 Å². The Hall–Kier alpha value is -2.74. The van der Waals surface area contributed by atoms with Gasteiger partial charge in [0, 0.05) is 18.4 Å². The molecule has 0 fully saturated rings. The summed E-state index contributed by atoms with van der Waals surface area (Å²) in [6, 6.07) is 6.62. The Labute approximate surface area is 164 Å². The number of thiocarbonyl (C=S) groups is 1. The molecule has 0 atom stereocenters. The first-order valence-corrected chi connectivity index (χ1v) is 9.10. The fraction of sp³-hybridized carbons (Fsp3) is 0.368. The van der Waals surface area contributed by atoms with Gasteiger partial charge in [0.2, 0.25) is 0 Å². The van der Waals surface area contributed by atoms with Crippen LogP contribution in [0.1, 0.15) is 31.7 Å². The summed E-state index contributed by atoms with van der Waals surface area (Å²) in [5.41, 5.74) is 1.31. The summed E-state index contributed by atoms with van der Waals surface area (Å²) in [5.74, 6) is 0.943. The Bertz CT molecular complexity index is 796. The standard InChI is InChI=1S/C19H23N3O4S/c1-4-25-17(24)10-11-22(14-6-8-15(23)9-7-14)18-16(19(27)26-5-2)12-20-13(3)21-18/h6-9,12,23H,4-5,10-11H2,1-3H3. The van der Waals surface area contributed by atoms with Crippen molar-refractivity contribution in [2.75, 3.05) is 24.7 Å². The molecule has 0 bridgehead atoms. The van der Waals surface area contributed by atoms with E-state index in [0.717, 1.165) is 5.69 Å². The first-order valence-electron chi connectivity index (χ1n) is 8.69. The van der Waals surface area contributed by atoms with E-state index in [-0.39, 0.29) is 23.2 Å². The van der Waals surface area contributed by atoms with Crippen LogP contribution >= 0.6 is 12.2 Å². The molecule has 0 aliphatic carbocycles. The van der Waals surface area contributed by atoms with Gasteiger partial charge in [0.1, 0.15) is 17.4 Å². The highest BCUT2D eigenvalue weighted by Crippen LogP contribution is 2.29. The molecule has 0 saturated heterocycles. The van der Waals surface area contributed by atoms with Crippen LogP contribution in [-0.2, 0) is 14.3 Å². The number of hydrogen-bond donors (Lipinski definition) is 1. The van der Waals surface area contributed by atoms with Crippen molar-refractivity contribution in [1.29, 1.82) is 0 Å². The number of carbonyl (C=O) groups excluding carboxylic acids is 1. The van der Waals surface area contributed by atoms with Crippen LogP contribution in [0, 0.1) is 6.92 Å². The van der Waals surface area contributed by atoms with E-state index in [0.29, 0.717) is 37.0 Å². The number of carbonyl (C=O) groups is 1. The number of aromatic nitrogens is 2. The van der Waals surface area contributed by atoms with Crippen molar-refractivity contribution < 1.29 is 19.4 Å². The molecule has 1 heterocycles. The molecule has 144 valence electrons. The molecule has 27 heavy (non-hydrogen) atoms. The SMILES string of the molecule is CCOC(=O)CCN(c1ccc(O)cc1)c1nc(C)ncc1C(=S)OCC. The van der Waals surface area contributed by atoms with Crippen molar-refractivity contribution in [2.45, 2.75) is 27.2 Å². The largest absolute Gasteiger partial charge is 0.508 e. The Morgan fingerprint density at radius 3 is 2.48 bits per heavy atom. The zero-order chi connectivity index (χ0) is 19.8. The van der Waals surface area contributed by atoms with Crippen molar-refractivity contribution >= 4 is 34.7 Å². The third-order valence-electron chi connectivity index (χ3n) is 3.65. The second kappa shape index (κ2) is 9.82. The van der Waals surface area contributed by atoms with Crippen LogP contribution in [0.2, 0.25) is 0 Å². The molecular weight excluding hydrogens is 366 g/mol. The average Bonchev–Trinajstić information content (AvgIpc) is 2.64. The monoisotopic (exact) mass is 389 g/mol. The molecule has 7 nitrogen and oxygen atoms in total. The van der Waals surface area contributed by atoms with Gasteiger partial charge in [-0.25, -0.2) is 9.97 Å². The molecule has 0 aliphatic rings. The van der Waals surface area contributed by atoms with Gasteiger partial charge >= 0.3 is 5.97 Å². The third kappa shape index (κ3) is 5.62. The van der Waals surface area contributed by atoms with Gasteiger partial charge in [0.25, 0.3) is 0 Å². The number of benzene rings is 1. The van der Waals surface area contributed by atoms with Crippen LogP contribution in [0.3, 0.4) is 0 Å². The predicted octanol–water partition coefficient (Wildman–Crippen LogP) is 3.29. The second-order valence-electron chi connectivity index (χ2n) is 5.60. The maximum Gasteiger partial charge on any atom is 0.307 e. The third-order valence-corrected chi connectivity index (χ3v) is 3.98. The summed E-state index contributed by atoms with van der Waals surface area (Å²) in [6.07, 6.45) is 1.78. The van der Waals surface area contributed by atoms with E-state index in [2.05, 4.69) is 9.97 Å². The minimum Gasteiger partial charge on any atom is -0.508 e. The zero-order valence-corrected chi connectivity index (χ0v) is 16.5. The number of rotatable bonds is 8.